The van der Waals surface area contributed by atoms with Gasteiger partial charge >= 0.3 is 0 Å². The standard InChI is InChI=1S/C19H21N5O3/c25-18(16-12-21-6-7-22-16)24-13-15(27-14-4-3-5-20-11-14)10-17(24)19(26)23-8-1-2-9-23/h3-7,11-12,15,17H,1-2,8-10,13H2/t15-,17-/m0/s1. The monoisotopic (exact) mass is 367 g/mol. The van der Waals surface area contributed by atoms with Crippen LogP contribution in [0.4, 0.5) is 0 Å². The van der Waals surface area contributed by atoms with Gasteiger partial charge in [0.25, 0.3) is 5.91 Å². The van der Waals surface area contributed by atoms with Gasteiger partial charge in [-0.2, -0.15) is 0 Å². The number of pyridine rings is 1. The van der Waals surface area contributed by atoms with Crippen LogP contribution in [-0.4, -0.2) is 68.3 Å². The molecule has 140 valence electrons. The van der Waals surface area contributed by atoms with Crippen molar-refractivity contribution in [3.05, 3.63) is 48.8 Å². The highest BCUT2D eigenvalue weighted by atomic mass is 16.5. The maximum absolute atomic E-state index is 13.0. The van der Waals surface area contributed by atoms with Crippen LogP contribution in [0.1, 0.15) is 29.8 Å². The van der Waals surface area contributed by atoms with Crippen LogP contribution in [0.2, 0.25) is 0 Å². The van der Waals surface area contributed by atoms with E-state index in [1.54, 1.807) is 23.4 Å². The number of amides is 2. The second-order valence-corrected chi connectivity index (χ2v) is 6.76. The lowest BCUT2D eigenvalue weighted by molar-refractivity contribution is -0.134. The minimum Gasteiger partial charge on any atom is -0.487 e. The molecule has 2 atom stereocenters. The molecular weight excluding hydrogens is 346 g/mol. The van der Waals surface area contributed by atoms with E-state index in [0.29, 0.717) is 18.7 Å². The average Bonchev–Trinajstić information content (AvgIpc) is 3.39. The highest BCUT2D eigenvalue weighted by Crippen LogP contribution is 2.26. The SMILES string of the molecule is O=C([C@@H]1C[C@H](Oc2cccnc2)CN1C(=O)c1cnccn1)N1CCCC1. The Bertz CT molecular complexity index is 796. The Morgan fingerprint density at radius 2 is 1.89 bits per heavy atom. The largest absolute Gasteiger partial charge is 0.487 e. The van der Waals surface area contributed by atoms with Crippen molar-refractivity contribution in [2.45, 2.75) is 31.4 Å². The van der Waals surface area contributed by atoms with Gasteiger partial charge in [0.2, 0.25) is 5.91 Å². The minimum atomic E-state index is -0.542. The van der Waals surface area contributed by atoms with E-state index in [-0.39, 0.29) is 23.6 Å². The Kier molecular flexibility index (Phi) is 4.95. The zero-order valence-corrected chi connectivity index (χ0v) is 14.9. The fraction of sp³-hybridized carbons (Fsp3) is 0.421. The number of hydrogen-bond acceptors (Lipinski definition) is 6. The summed E-state index contributed by atoms with van der Waals surface area (Å²) in [5.41, 5.74) is 0.235. The highest BCUT2D eigenvalue weighted by molar-refractivity contribution is 5.96. The van der Waals surface area contributed by atoms with Crippen molar-refractivity contribution in [3.8, 4) is 5.75 Å². The molecule has 0 saturated carbocycles. The van der Waals surface area contributed by atoms with Gasteiger partial charge in [-0.05, 0) is 25.0 Å². The van der Waals surface area contributed by atoms with Crippen molar-refractivity contribution >= 4 is 11.8 Å². The van der Waals surface area contributed by atoms with Gasteiger partial charge < -0.3 is 14.5 Å². The average molecular weight is 367 g/mol. The van der Waals surface area contributed by atoms with E-state index in [1.807, 2.05) is 11.0 Å². The van der Waals surface area contributed by atoms with Crippen molar-refractivity contribution in [1.82, 2.24) is 24.8 Å². The molecule has 0 bridgehead atoms. The third-order valence-corrected chi connectivity index (χ3v) is 4.95. The van der Waals surface area contributed by atoms with Crippen LogP contribution < -0.4 is 4.74 Å². The number of aromatic nitrogens is 3. The molecule has 0 radical (unpaired) electrons. The Hall–Kier alpha value is -3.03. The smallest absolute Gasteiger partial charge is 0.274 e. The molecule has 0 N–H and O–H groups in total. The Morgan fingerprint density at radius 3 is 2.59 bits per heavy atom. The number of carbonyl (C=O) groups excluding carboxylic acids is 2. The van der Waals surface area contributed by atoms with Crippen LogP contribution >= 0.6 is 0 Å². The van der Waals surface area contributed by atoms with E-state index in [4.69, 9.17) is 4.74 Å². The summed E-state index contributed by atoms with van der Waals surface area (Å²) < 4.78 is 5.97. The Balaban J connectivity index is 1.55. The van der Waals surface area contributed by atoms with E-state index in [1.165, 1.54) is 18.6 Å². The fourth-order valence-electron chi connectivity index (χ4n) is 3.66. The van der Waals surface area contributed by atoms with Crippen LogP contribution in [0.5, 0.6) is 5.75 Å². The highest BCUT2D eigenvalue weighted by Gasteiger charge is 2.43. The Labute approximate surface area is 157 Å². The molecular formula is C19H21N5O3. The molecule has 8 heteroatoms. The van der Waals surface area contributed by atoms with E-state index >= 15 is 0 Å². The van der Waals surface area contributed by atoms with Crippen molar-refractivity contribution in [3.63, 3.8) is 0 Å². The predicted octanol–water partition coefficient (Wildman–Crippen LogP) is 1.16. The van der Waals surface area contributed by atoms with Gasteiger partial charge in [-0.25, -0.2) is 4.98 Å². The lowest BCUT2D eigenvalue weighted by Gasteiger charge is -2.27. The van der Waals surface area contributed by atoms with Crippen molar-refractivity contribution < 1.29 is 14.3 Å². The van der Waals surface area contributed by atoms with E-state index in [0.717, 1.165) is 25.9 Å². The second-order valence-electron chi connectivity index (χ2n) is 6.76. The number of nitrogens with zero attached hydrogens (tertiary/aromatic N) is 5. The molecule has 8 nitrogen and oxygen atoms in total. The lowest BCUT2D eigenvalue weighted by Crippen LogP contribution is -2.47. The summed E-state index contributed by atoms with van der Waals surface area (Å²) >= 11 is 0. The first-order valence-corrected chi connectivity index (χ1v) is 9.15. The number of rotatable bonds is 4. The van der Waals surface area contributed by atoms with E-state index < -0.39 is 6.04 Å². The molecule has 2 aromatic rings. The summed E-state index contributed by atoms with van der Waals surface area (Å²) in [6.07, 6.45) is 9.91. The first-order chi connectivity index (χ1) is 13.2. The van der Waals surface area contributed by atoms with Gasteiger partial charge in [-0.3, -0.25) is 19.6 Å². The third kappa shape index (κ3) is 3.74. The first kappa shape index (κ1) is 17.4. The van der Waals surface area contributed by atoms with Crippen LogP contribution in [0.25, 0.3) is 0 Å². The zero-order chi connectivity index (χ0) is 18.6. The summed E-state index contributed by atoms with van der Waals surface area (Å²) in [6.45, 7) is 1.82. The van der Waals surface area contributed by atoms with Gasteiger partial charge in [0.05, 0.1) is 18.9 Å². The predicted molar refractivity (Wildman–Crippen MR) is 95.9 cm³/mol. The van der Waals surface area contributed by atoms with Crippen LogP contribution in [0, 0.1) is 0 Å². The molecule has 4 heterocycles. The number of hydrogen-bond donors (Lipinski definition) is 0. The third-order valence-electron chi connectivity index (χ3n) is 4.95. The van der Waals surface area contributed by atoms with Crippen molar-refractivity contribution in [2.75, 3.05) is 19.6 Å². The second kappa shape index (κ2) is 7.69. The summed E-state index contributed by atoms with van der Waals surface area (Å²) in [4.78, 5) is 41.5. The van der Waals surface area contributed by atoms with E-state index in [9.17, 15) is 9.59 Å². The zero-order valence-electron chi connectivity index (χ0n) is 14.9. The minimum absolute atomic E-state index is 0.0120. The Morgan fingerprint density at radius 1 is 1.07 bits per heavy atom. The fourth-order valence-corrected chi connectivity index (χ4v) is 3.66. The van der Waals surface area contributed by atoms with Gasteiger partial charge in [-0.1, -0.05) is 0 Å². The first-order valence-electron chi connectivity index (χ1n) is 9.15. The normalized spacial score (nSPS) is 22.1. The molecule has 2 fully saturated rings. The van der Waals surface area contributed by atoms with Gasteiger partial charge in [-0.15, -0.1) is 0 Å². The van der Waals surface area contributed by atoms with Gasteiger partial charge in [0, 0.05) is 38.1 Å². The van der Waals surface area contributed by atoms with Gasteiger partial charge in [0.15, 0.2) is 0 Å². The maximum atomic E-state index is 13.0. The molecule has 0 aromatic carbocycles. The summed E-state index contributed by atoms with van der Waals surface area (Å²) in [7, 11) is 0. The summed E-state index contributed by atoms with van der Waals surface area (Å²) in [5.74, 6) is 0.323. The molecule has 0 spiro atoms. The number of likely N-dealkylation sites (tertiary alicyclic amines) is 2. The maximum Gasteiger partial charge on any atom is 0.274 e. The molecule has 0 unspecified atom stereocenters. The number of ether oxygens (including phenoxy) is 1. The molecule has 2 aromatic heterocycles. The molecule has 4 rings (SSSR count). The van der Waals surface area contributed by atoms with Crippen molar-refractivity contribution in [2.24, 2.45) is 0 Å². The molecule has 2 aliphatic heterocycles. The van der Waals surface area contributed by atoms with Crippen LogP contribution in [0.3, 0.4) is 0 Å². The van der Waals surface area contributed by atoms with Gasteiger partial charge in [0.1, 0.15) is 23.6 Å². The van der Waals surface area contributed by atoms with E-state index in [2.05, 4.69) is 15.0 Å². The summed E-state index contributed by atoms with van der Waals surface area (Å²) in [5, 5.41) is 0. The van der Waals surface area contributed by atoms with Crippen LogP contribution in [-0.2, 0) is 4.79 Å². The quantitative estimate of drug-likeness (QED) is 0.806. The molecule has 2 saturated heterocycles. The number of carbonyl (C=O) groups is 2. The lowest BCUT2D eigenvalue weighted by atomic mass is 10.1. The molecule has 2 amide bonds. The molecule has 2 aliphatic rings. The topological polar surface area (TPSA) is 88.5 Å². The van der Waals surface area contributed by atoms with Crippen molar-refractivity contribution in [1.29, 1.82) is 0 Å². The molecule has 0 aliphatic carbocycles. The summed E-state index contributed by atoms with van der Waals surface area (Å²) in [6, 6.07) is 3.07. The van der Waals surface area contributed by atoms with Crippen LogP contribution in [0.15, 0.2) is 43.1 Å². The molecule has 27 heavy (non-hydrogen) atoms.